The monoisotopic (exact) mass is 292 g/mol. The van der Waals surface area contributed by atoms with E-state index in [0.717, 1.165) is 11.8 Å². The highest BCUT2D eigenvalue weighted by Gasteiger charge is 2.21. The summed E-state index contributed by atoms with van der Waals surface area (Å²) in [5, 5.41) is 0. The van der Waals surface area contributed by atoms with Crippen LogP contribution in [0.4, 0.5) is 0 Å². The van der Waals surface area contributed by atoms with E-state index in [-0.39, 0.29) is 0 Å². The Hall–Kier alpha value is -1.56. The highest BCUT2D eigenvalue weighted by Crippen LogP contribution is 2.36. The third-order valence-electron chi connectivity index (χ3n) is 5.31. The molecular weight excluding hydrogens is 264 g/mol. The van der Waals surface area contributed by atoms with Crippen molar-refractivity contribution in [2.75, 3.05) is 0 Å². The first-order chi connectivity index (χ1) is 10.8. The van der Waals surface area contributed by atoms with E-state index in [1.54, 1.807) is 0 Å². The SMILES string of the molecule is CC1CCCC(CCC(c2ccccc2)c2ccccc2)C1. The molecule has 0 heteroatoms. The fourth-order valence-corrected chi connectivity index (χ4v) is 4.12. The van der Waals surface area contributed by atoms with E-state index in [1.807, 2.05) is 0 Å². The molecule has 2 aromatic carbocycles. The van der Waals surface area contributed by atoms with Gasteiger partial charge >= 0.3 is 0 Å². The molecule has 0 aromatic heterocycles. The second kappa shape index (κ2) is 7.63. The number of hydrogen-bond acceptors (Lipinski definition) is 0. The van der Waals surface area contributed by atoms with Crippen LogP contribution in [0.3, 0.4) is 0 Å². The minimum atomic E-state index is 0.555. The van der Waals surface area contributed by atoms with Crippen LogP contribution < -0.4 is 0 Å². The Balaban J connectivity index is 1.72. The molecule has 2 atom stereocenters. The second-order valence-corrected chi connectivity index (χ2v) is 7.09. The van der Waals surface area contributed by atoms with Crippen molar-refractivity contribution in [3.8, 4) is 0 Å². The van der Waals surface area contributed by atoms with Crippen LogP contribution in [0, 0.1) is 11.8 Å². The molecular formula is C22H28. The summed E-state index contributed by atoms with van der Waals surface area (Å²) < 4.78 is 0. The van der Waals surface area contributed by atoms with Crippen molar-refractivity contribution in [2.24, 2.45) is 11.8 Å². The lowest BCUT2D eigenvalue weighted by molar-refractivity contribution is 0.263. The fourth-order valence-electron chi connectivity index (χ4n) is 4.12. The van der Waals surface area contributed by atoms with Crippen LogP contribution in [-0.2, 0) is 0 Å². The van der Waals surface area contributed by atoms with Crippen LogP contribution in [0.2, 0.25) is 0 Å². The number of hydrogen-bond donors (Lipinski definition) is 0. The minimum absolute atomic E-state index is 0.555. The van der Waals surface area contributed by atoms with Gasteiger partial charge in [0.15, 0.2) is 0 Å². The van der Waals surface area contributed by atoms with Gasteiger partial charge in [-0.25, -0.2) is 0 Å². The summed E-state index contributed by atoms with van der Waals surface area (Å²) in [6, 6.07) is 22.1. The molecule has 2 unspecified atom stereocenters. The molecule has 0 nitrogen and oxygen atoms in total. The van der Waals surface area contributed by atoms with E-state index >= 15 is 0 Å². The first-order valence-corrected chi connectivity index (χ1v) is 8.93. The molecule has 1 aliphatic carbocycles. The Morgan fingerprint density at radius 2 is 1.45 bits per heavy atom. The van der Waals surface area contributed by atoms with Crippen molar-refractivity contribution in [3.63, 3.8) is 0 Å². The Bertz CT molecular complexity index is 503. The summed E-state index contributed by atoms with van der Waals surface area (Å²) in [4.78, 5) is 0. The summed E-state index contributed by atoms with van der Waals surface area (Å²) in [6.07, 6.45) is 8.42. The van der Waals surface area contributed by atoms with Crippen LogP contribution in [0.25, 0.3) is 0 Å². The quantitative estimate of drug-likeness (QED) is 0.596. The van der Waals surface area contributed by atoms with Gasteiger partial charge in [-0.3, -0.25) is 0 Å². The Labute approximate surface area is 135 Å². The predicted octanol–water partition coefficient (Wildman–Crippen LogP) is 6.43. The first kappa shape index (κ1) is 15.3. The van der Waals surface area contributed by atoms with Crippen LogP contribution in [-0.4, -0.2) is 0 Å². The van der Waals surface area contributed by atoms with Gasteiger partial charge in [0.1, 0.15) is 0 Å². The van der Waals surface area contributed by atoms with Gasteiger partial charge in [-0.15, -0.1) is 0 Å². The lowest BCUT2D eigenvalue weighted by Gasteiger charge is -2.28. The summed E-state index contributed by atoms with van der Waals surface area (Å²) >= 11 is 0. The van der Waals surface area contributed by atoms with Gasteiger partial charge in [-0.1, -0.05) is 86.8 Å². The Morgan fingerprint density at radius 1 is 0.864 bits per heavy atom. The van der Waals surface area contributed by atoms with Crippen LogP contribution in [0.1, 0.15) is 62.5 Å². The average Bonchev–Trinajstić information content (AvgIpc) is 2.57. The molecule has 22 heavy (non-hydrogen) atoms. The third kappa shape index (κ3) is 4.00. The van der Waals surface area contributed by atoms with E-state index in [0.29, 0.717) is 5.92 Å². The molecule has 3 rings (SSSR count). The lowest BCUT2D eigenvalue weighted by atomic mass is 9.77. The van der Waals surface area contributed by atoms with Gasteiger partial charge < -0.3 is 0 Å². The molecule has 0 aliphatic heterocycles. The first-order valence-electron chi connectivity index (χ1n) is 8.93. The van der Waals surface area contributed by atoms with Gasteiger partial charge in [-0.2, -0.15) is 0 Å². The summed E-state index contributed by atoms with van der Waals surface area (Å²) in [6.45, 7) is 2.43. The van der Waals surface area contributed by atoms with E-state index in [1.165, 1.54) is 49.7 Å². The zero-order valence-corrected chi connectivity index (χ0v) is 13.7. The Morgan fingerprint density at radius 3 is 2.00 bits per heavy atom. The smallest absolute Gasteiger partial charge is 0.00894 e. The zero-order chi connectivity index (χ0) is 15.2. The van der Waals surface area contributed by atoms with Crippen molar-refractivity contribution >= 4 is 0 Å². The van der Waals surface area contributed by atoms with Crippen LogP contribution in [0.15, 0.2) is 60.7 Å². The second-order valence-electron chi connectivity index (χ2n) is 7.09. The normalized spacial score (nSPS) is 21.9. The summed E-state index contributed by atoms with van der Waals surface area (Å²) in [5.41, 5.74) is 2.94. The van der Waals surface area contributed by atoms with Crippen molar-refractivity contribution in [1.29, 1.82) is 0 Å². The van der Waals surface area contributed by atoms with Gasteiger partial charge in [0.25, 0.3) is 0 Å². The van der Waals surface area contributed by atoms with E-state index in [4.69, 9.17) is 0 Å². The molecule has 1 saturated carbocycles. The molecule has 0 spiro atoms. The number of rotatable bonds is 5. The van der Waals surface area contributed by atoms with Crippen LogP contribution >= 0.6 is 0 Å². The van der Waals surface area contributed by atoms with Crippen molar-refractivity contribution in [3.05, 3.63) is 71.8 Å². The van der Waals surface area contributed by atoms with Gasteiger partial charge in [-0.05, 0) is 42.2 Å². The molecule has 0 saturated heterocycles. The predicted molar refractivity (Wildman–Crippen MR) is 95.1 cm³/mol. The van der Waals surface area contributed by atoms with E-state index in [9.17, 15) is 0 Å². The highest BCUT2D eigenvalue weighted by atomic mass is 14.3. The topological polar surface area (TPSA) is 0 Å². The molecule has 1 fully saturated rings. The maximum atomic E-state index is 2.43. The van der Waals surface area contributed by atoms with Gasteiger partial charge in [0.2, 0.25) is 0 Å². The van der Waals surface area contributed by atoms with E-state index in [2.05, 4.69) is 67.6 Å². The maximum Gasteiger partial charge on any atom is 0.00894 e. The largest absolute Gasteiger partial charge is 0.0625 e. The summed E-state index contributed by atoms with van der Waals surface area (Å²) in [7, 11) is 0. The van der Waals surface area contributed by atoms with Crippen LogP contribution in [0.5, 0.6) is 0 Å². The molecule has 0 N–H and O–H groups in total. The minimum Gasteiger partial charge on any atom is -0.0625 e. The Kier molecular flexibility index (Phi) is 5.32. The highest BCUT2D eigenvalue weighted by molar-refractivity contribution is 5.32. The lowest BCUT2D eigenvalue weighted by Crippen LogP contribution is -2.14. The molecule has 0 radical (unpaired) electrons. The molecule has 2 aromatic rings. The standard InChI is InChI=1S/C22H28/c1-18-9-8-10-19(17-18)15-16-22(20-11-4-2-5-12-20)21-13-6-3-7-14-21/h2-7,11-14,18-19,22H,8-10,15-17H2,1H3. The average molecular weight is 292 g/mol. The molecule has 0 bridgehead atoms. The molecule has 0 amide bonds. The molecule has 116 valence electrons. The van der Waals surface area contributed by atoms with Crippen molar-refractivity contribution in [2.45, 2.75) is 51.4 Å². The summed E-state index contributed by atoms with van der Waals surface area (Å²) in [5.74, 6) is 2.43. The third-order valence-corrected chi connectivity index (χ3v) is 5.31. The van der Waals surface area contributed by atoms with Crippen molar-refractivity contribution < 1.29 is 0 Å². The van der Waals surface area contributed by atoms with Gasteiger partial charge in [0.05, 0.1) is 0 Å². The molecule has 1 aliphatic rings. The van der Waals surface area contributed by atoms with Gasteiger partial charge in [0, 0.05) is 5.92 Å². The fraction of sp³-hybridized carbons (Fsp3) is 0.455. The molecule has 0 heterocycles. The number of benzene rings is 2. The zero-order valence-electron chi connectivity index (χ0n) is 13.7. The maximum absolute atomic E-state index is 2.43. The van der Waals surface area contributed by atoms with Crippen molar-refractivity contribution in [1.82, 2.24) is 0 Å². The van der Waals surface area contributed by atoms with E-state index < -0.39 is 0 Å².